The van der Waals surface area contributed by atoms with Crippen molar-refractivity contribution >= 4 is 15.9 Å². The molecule has 4 rings (SSSR count). The van der Waals surface area contributed by atoms with Crippen LogP contribution in [0.4, 0.5) is 0 Å². The van der Waals surface area contributed by atoms with E-state index < -0.39 is 10.0 Å². The Morgan fingerprint density at radius 2 is 1.85 bits per heavy atom. The average Bonchev–Trinajstić information content (AvgIpc) is 3.60. The van der Waals surface area contributed by atoms with Crippen LogP contribution in [0.3, 0.4) is 0 Å². The normalized spacial score (nSPS) is 14.5. The van der Waals surface area contributed by atoms with Gasteiger partial charge in [-0.05, 0) is 45.1 Å². The molecule has 9 heteroatoms. The summed E-state index contributed by atoms with van der Waals surface area (Å²) >= 11 is 0. The SMILES string of the molecule is Cc1oc(C(=O)N(C)CCCCCc2cc(-c3ccccc3)n[nH]2)cc1S(=O)(=O)N1CCCC1. The molecule has 8 nitrogen and oxygen atoms in total. The molecule has 182 valence electrons. The molecule has 0 unspecified atom stereocenters. The molecule has 0 atom stereocenters. The van der Waals surface area contributed by atoms with Crippen LogP contribution in [0.1, 0.15) is 54.1 Å². The molecule has 0 radical (unpaired) electrons. The Kier molecular flexibility index (Phi) is 7.53. The van der Waals surface area contributed by atoms with E-state index in [0.29, 0.717) is 19.6 Å². The fourth-order valence-corrected chi connectivity index (χ4v) is 5.95. The number of rotatable bonds is 10. The highest BCUT2D eigenvalue weighted by atomic mass is 32.2. The molecule has 0 aliphatic carbocycles. The quantitative estimate of drug-likeness (QED) is 0.434. The summed E-state index contributed by atoms with van der Waals surface area (Å²) in [4.78, 5) is 14.5. The minimum atomic E-state index is -3.61. The number of amides is 1. The number of nitrogens with one attached hydrogen (secondary N) is 1. The van der Waals surface area contributed by atoms with Crippen molar-refractivity contribution in [3.63, 3.8) is 0 Å². The lowest BCUT2D eigenvalue weighted by Crippen LogP contribution is -2.28. The Bertz CT molecular complexity index is 1210. The number of benzene rings is 1. The van der Waals surface area contributed by atoms with E-state index in [0.717, 1.165) is 55.5 Å². The van der Waals surface area contributed by atoms with Gasteiger partial charge in [-0.25, -0.2) is 8.42 Å². The standard InChI is InChI=1S/C25H32N4O4S/c1-19-24(34(31,32)29-15-9-10-16-29)18-23(33-19)25(30)28(2)14-8-4-7-13-21-17-22(27-26-21)20-11-5-3-6-12-20/h3,5-6,11-12,17-18H,4,7-10,13-16H2,1-2H3,(H,26,27). The molecule has 1 amide bonds. The van der Waals surface area contributed by atoms with Crippen molar-refractivity contribution in [1.82, 2.24) is 19.4 Å². The highest BCUT2D eigenvalue weighted by Gasteiger charge is 2.32. The number of carbonyl (C=O) groups is 1. The van der Waals surface area contributed by atoms with Gasteiger partial charge in [0, 0.05) is 44.0 Å². The summed E-state index contributed by atoms with van der Waals surface area (Å²) in [7, 11) is -1.90. The molecule has 34 heavy (non-hydrogen) atoms. The topological polar surface area (TPSA) is 99.5 Å². The summed E-state index contributed by atoms with van der Waals surface area (Å²) in [6, 6.07) is 13.5. The third-order valence-corrected chi connectivity index (χ3v) is 8.26. The Morgan fingerprint density at radius 3 is 2.59 bits per heavy atom. The van der Waals surface area contributed by atoms with Crippen molar-refractivity contribution in [3.05, 3.63) is 59.7 Å². The third kappa shape index (κ3) is 5.42. The van der Waals surface area contributed by atoms with Gasteiger partial charge in [0.25, 0.3) is 5.91 Å². The van der Waals surface area contributed by atoms with E-state index in [1.807, 2.05) is 30.3 Å². The number of nitrogens with zero attached hydrogens (tertiary/aromatic N) is 3. The van der Waals surface area contributed by atoms with Crippen molar-refractivity contribution in [2.45, 2.75) is 50.3 Å². The molecule has 3 aromatic rings. The first kappa shape index (κ1) is 24.2. The van der Waals surface area contributed by atoms with Crippen LogP contribution in [0, 0.1) is 6.92 Å². The number of furan rings is 1. The number of H-pyrrole nitrogens is 1. The number of hydrogen-bond acceptors (Lipinski definition) is 5. The maximum atomic E-state index is 12.8. The smallest absolute Gasteiger partial charge is 0.289 e. The van der Waals surface area contributed by atoms with Crippen molar-refractivity contribution in [2.75, 3.05) is 26.7 Å². The first-order valence-electron chi connectivity index (χ1n) is 11.8. The monoisotopic (exact) mass is 484 g/mol. The molecule has 0 bridgehead atoms. The maximum absolute atomic E-state index is 12.8. The summed E-state index contributed by atoms with van der Waals surface area (Å²) in [5, 5.41) is 7.49. The van der Waals surface area contributed by atoms with Gasteiger partial charge in [-0.3, -0.25) is 9.89 Å². The number of carbonyl (C=O) groups excluding carboxylic acids is 1. The molecule has 0 spiro atoms. The molecule has 1 N–H and O–H groups in total. The van der Waals surface area contributed by atoms with E-state index in [4.69, 9.17) is 4.42 Å². The van der Waals surface area contributed by atoms with E-state index in [1.54, 1.807) is 18.9 Å². The van der Waals surface area contributed by atoms with Crippen LogP contribution in [-0.2, 0) is 16.4 Å². The van der Waals surface area contributed by atoms with Gasteiger partial charge in [-0.2, -0.15) is 9.40 Å². The Labute approximate surface area is 201 Å². The number of aromatic amines is 1. The highest BCUT2D eigenvalue weighted by Crippen LogP contribution is 2.27. The summed E-state index contributed by atoms with van der Waals surface area (Å²) in [6.07, 6.45) is 5.41. The lowest BCUT2D eigenvalue weighted by atomic mass is 10.1. The third-order valence-electron chi connectivity index (χ3n) is 6.25. The number of hydrogen-bond donors (Lipinski definition) is 1. The Hall–Kier alpha value is -2.91. The predicted octanol–water partition coefficient (Wildman–Crippen LogP) is 4.25. The predicted molar refractivity (Wildman–Crippen MR) is 130 cm³/mol. The highest BCUT2D eigenvalue weighted by molar-refractivity contribution is 7.89. The summed E-state index contributed by atoms with van der Waals surface area (Å²) in [5.74, 6) is 0.0359. The first-order valence-corrected chi connectivity index (χ1v) is 13.3. The van der Waals surface area contributed by atoms with Crippen molar-refractivity contribution in [1.29, 1.82) is 0 Å². The largest absolute Gasteiger partial charge is 0.455 e. The van der Waals surface area contributed by atoms with Gasteiger partial charge < -0.3 is 9.32 Å². The molecular formula is C25H32N4O4S. The van der Waals surface area contributed by atoms with Gasteiger partial charge in [0.15, 0.2) is 5.76 Å². The zero-order valence-electron chi connectivity index (χ0n) is 19.8. The number of unbranched alkanes of at least 4 members (excludes halogenated alkanes) is 2. The van der Waals surface area contributed by atoms with Gasteiger partial charge in [-0.15, -0.1) is 0 Å². The second-order valence-electron chi connectivity index (χ2n) is 8.82. The number of aromatic nitrogens is 2. The second kappa shape index (κ2) is 10.6. The molecule has 2 aromatic heterocycles. The zero-order chi connectivity index (χ0) is 24.1. The summed E-state index contributed by atoms with van der Waals surface area (Å²) in [6.45, 7) is 3.20. The van der Waals surface area contributed by atoms with E-state index >= 15 is 0 Å². The molecular weight excluding hydrogens is 452 g/mol. The average molecular weight is 485 g/mol. The number of aryl methyl sites for hydroxylation is 2. The van der Waals surface area contributed by atoms with E-state index in [2.05, 4.69) is 16.3 Å². The van der Waals surface area contributed by atoms with Crippen LogP contribution < -0.4 is 0 Å². The lowest BCUT2D eigenvalue weighted by Gasteiger charge is -2.15. The molecule has 0 saturated carbocycles. The fraction of sp³-hybridized carbons (Fsp3) is 0.440. The zero-order valence-corrected chi connectivity index (χ0v) is 20.6. The van der Waals surface area contributed by atoms with Gasteiger partial charge in [-0.1, -0.05) is 36.8 Å². The minimum Gasteiger partial charge on any atom is -0.455 e. The van der Waals surface area contributed by atoms with E-state index in [9.17, 15) is 13.2 Å². The molecule has 1 fully saturated rings. The molecule has 1 aliphatic heterocycles. The first-order chi connectivity index (χ1) is 16.4. The van der Waals surface area contributed by atoms with Crippen LogP contribution in [0.5, 0.6) is 0 Å². The van der Waals surface area contributed by atoms with Crippen LogP contribution in [0.15, 0.2) is 51.8 Å². The van der Waals surface area contributed by atoms with Gasteiger partial charge >= 0.3 is 0 Å². The lowest BCUT2D eigenvalue weighted by molar-refractivity contribution is 0.0759. The summed E-state index contributed by atoms with van der Waals surface area (Å²) in [5.41, 5.74) is 3.14. The van der Waals surface area contributed by atoms with Gasteiger partial charge in [0.05, 0.1) is 5.69 Å². The minimum absolute atomic E-state index is 0.0728. The van der Waals surface area contributed by atoms with Crippen LogP contribution in [0.2, 0.25) is 0 Å². The maximum Gasteiger partial charge on any atom is 0.289 e. The summed E-state index contributed by atoms with van der Waals surface area (Å²) < 4.78 is 32.7. The molecule has 1 saturated heterocycles. The van der Waals surface area contributed by atoms with Crippen molar-refractivity contribution < 1.29 is 17.6 Å². The molecule has 1 aromatic carbocycles. The van der Waals surface area contributed by atoms with Crippen molar-refractivity contribution in [3.8, 4) is 11.3 Å². The van der Waals surface area contributed by atoms with E-state index in [1.165, 1.54) is 10.4 Å². The fourth-order valence-electron chi connectivity index (χ4n) is 4.27. The number of sulfonamides is 1. The van der Waals surface area contributed by atoms with E-state index in [-0.39, 0.29) is 22.3 Å². The second-order valence-corrected chi connectivity index (χ2v) is 10.7. The van der Waals surface area contributed by atoms with Crippen molar-refractivity contribution in [2.24, 2.45) is 0 Å². The Balaban J connectivity index is 1.24. The van der Waals surface area contributed by atoms with Gasteiger partial charge in [0.2, 0.25) is 10.0 Å². The van der Waals surface area contributed by atoms with Crippen LogP contribution in [-0.4, -0.2) is 60.4 Å². The van der Waals surface area contributed by atoms with Crippen LogP contribution >= 0.6 is 0 Å². The van der Waals surface area contributed by atoms with Crippen LogP contribution in [0.25, 0.3) is 11.3 Å². The molecule has 3 heterocycles. The van der Waals surface area contributed by atoms with Gasteiger partial charge in [0.1, 0.15) is 10.7 Å². The Morgan fingerprint density at radius 1 is 1.12 bits per heavy atom. The molecule has 1 aliphatic rings.